The summed E-state index contributed by atoms with van der Waals surface area (Å²) in [6, 6.07) is -1.05. The molecule has 8 heteroatoms. The van der Waals surface area contributed by atoms with Crippen LogP contribution in [0.15, 0.2) is 12.2 Å². The minimum Gasteiger partial charge on any atom is -0.357 e. The highest BCUT2D eigenvalue weighted by Crippen LogP contribution is 2.10. The van der Waals surface area contributed by atoms with Crippen LogP contribution in [-0.2, 0) is 14.4 Å². The monoisotopic (exact) mass is 551 g/mol. The molecule has 0 aromatic carbocycles. The molecule has 228 valence electrons. The SMILES string of the molecule is CCCCCCCCC=CCCCCCCCC(=O)NC(CCCCNC(=O)C(N)CCCCN)C(=O)NC. The molecular weight excluding hydrogens is 490 g/mol. The Hall–Kier alpha value is -1.93. The van der Waals surface area contributed by atoms with Gasteiger partial charge in [0.25, 0.3) is 0 Å². The fourth-order valence-electron chi connectivity index (χ4n) is 4.52. The lowest BCUT2D eigenvalue weighted by Gasteiger charge is -2.17. The Morgan fingerprint density at radius 2 is 1.31 bits per heavy atom. The van der Waals surface area contributed by atoms with Gasteiger partial charge in [-0.3, -0.25) is 14.4 Å². The summed E-state index contributed by atoms with van der Waals surface area (Å²) in [5.74, 6) is -0.403. The normalized spacial score (nSPS) is 12.8. The van der Waals surface area contributed by atoms with Gasteiger partial charge in [-0.2, -0.15) is 0 Å². The molecule has 0 radical (unpaired) electrons. The van der Waals surface area contributed by atoms with Gasteiger partial charge in [0.1, 0.15) is 6.04 Å². The fourth-order valence-corrected chi connectivity index (χ4v) is 4.52. The molecule has 0 spiro atoms. The summed E-state index contributed by atoms with van der Waals surface area (Å²) in [4.78, 5) is 36.6. The number of likely N-dealkylation sites (N-methyl/N-ethyl adjacent to an activating group) is 1. The summed E-state index contributed by atoms with van der Waals surface area (Å²) in [5.41, 5.74) is 11.4. The molecule has 0 saturated heterocycles. The molecule has 3 amide bonds. The molecule has 2 atom stereocenters. The molecule has 8 nitrogen and oxygen atoms in total. The Morgan fingerprint density at radius 1 is 0.718 bits per heavy atom. The topological polar surface area (TPSA) is 139 Å². The minimum atomic E-state index is -0.542. The zero-order valence-corrected chi connectivity index (χ0v) is 25.2. The molecule has 0 aliphatic carbocycles. The number of rotatable bonds is 27. The molecule has 0 saturated carbocycles. The van der Waals surface area contributed by atoms with Crippen LogP contribution < -0.4 is 27.4 Å². The van der Waals surface area contributed by atoms with Gasteiger partial charge in [-0.05, 0) is 70.8 Å². The molecule has 0 heterocycles. The molecule has 0 rings (SSSR count). The van der Waals surface area contributed by atoms with Crippen LogP contribution >= 0.6 is 0 Å². The van der Waals surface area contributed by atoms with Crippen molar-refractivity contribution < 1.29 is 14.4 Å². The molecule has 0 aliphatic rings. The van der Waals surface area contributed by atoms with E-state index in [4.69, 9.17) is 11.5 Å². The number of nitrogens with one attached hydrogen (secondary N) is 3. The summed E-state index contributed by atoms with van der Waals surface area (Å²) in [6.07, 6.45) is 25.3. The number of nitrogens with two attached hydrogens (primary N) is 2. The van der Waals surface area contributed by atoms with E-state index < -0.39 is 12.1 Å². The Morgan fingerprint density at radius 3 is 1.92 bits per heavy atom. The van der Waals surface area contributed by atoms with Crippen LogP contribution in [0.2, 0.25) is 0 Å². The summed E-state index contributed by atoms with van der Waals surface area (Å²) >= 11 is 0. The van der Waals surface area contributed by atoms with Crippen molar-refractivity contribution in [3.63, 3.8) is 0 Å². The summed E-state index contributed by atoms with van der Waals surface area (Å²) in [7, 11) is 1.58. The van der Waals surface area contributed by atoms with Crippen molar-refractivity contribution in [1.82, 2.24) is 16.0 Å². The maximum Gasteiger partial charge on any atom is 0.242 e. The van der Waals surface area contributed by atoms with E-state index in [-0.39, 0.29) is 17.7 Å². The fraction of sp³-hybridized carbons (Fsp3) is 0.839. The number of hydrogen-bond donors (Lipinski definition) is 5. The number of carbonyl (C=O) groups is 3. The van der Waals surface area contributed by atoms with Crippen LogP contribution in [0.4, 0.5) is 0 Å². The maximum atomic E-state index is 12.4. The predicted molar refractivity (Wildman–Crippen MR) is 163 cm³/mol. The average Bonchev–Trinajstić information content (AvgIpc) is 2.93. The highest BCUT2D eigenvalue weighted by atomic mass is 16.2. The van der Waals surface area contributed by atoms with E-state index in [1.54, 1.807) is 7.05 Å². The van der Waals surface area contributed by atoms with E-state index in [1.165, 1.54) is 57.8 Å². The summed E-state index contributed by atoms with van der Waals surface area (Å²) in [6.45, 7) is 3.37. The third-order valence-electron chi connectivity index (χ3n) is 7.09. The Kier molecular flexibility index (Phi) is 26.3. The van der Waals surface area contributed by atoms with E-state index in [1.807, 2.05) is 0 Å². The number of amides is 3. The molecular formula is C31H61N5O3. The van der Waals surface area contributed by atoms with Gasteiger partial charge in [-0.25, -0.2) is 0 Å². The Labute approximate surface area is 239 Å². The third kappa shape index (κ3) is 23.7. The number of allylic oxidation sites excluding steroid dienone is 2. The average molecular weight is 552 g/mol. The van der Waals surface area contributed by atoms with Crippen molar-refractivity contribution in [3.05, 3.63) is 12.2 Å². The smallest absolute Gasteiger partial charge is 0.242 e. The van der Waals surface area contributed by atoms with E-state index in [0.717, 1.165) is 44.9 Å². The second kappa shape index (κ2) is 27.6. The quantitative estimate of drug-likeness (QED) is 0.0722. The third-order valence-corrected chi connectivity index (χ3v) is 7.09. The van der Waals surface area contributed by atoms with Gasteiger partial charge in [0.15, 0.2) is 0 Å². The zero-order valence-electron chi connectivity index (χ0n) is 25.2. The molecule has 0 aromatic heterocycles. The van der Waals surface area contributed by atoms with Crippen LogP contribution in [0.3, 0.4) is 0 Å². The van der Waals surface area contributed by atoms with Gasteiger partial charge in [0.2, 0.25) is 17.7 Å². The summed E-state index contributed by atoms with van der Waals surface area (Å²) in [5, 5.41) is 8.37. The first kappa shape index (κ1) is 37.1. The molecule has 0 aliphatic heterocycles. The molecule has 7 N–H and O–H groups in total. The predicted octanol–water partition coefficient (Wildman–Crippen LogP) is 5.00. The van der Waals surface area contributed by atoms with E-state index >= 15 is 0 Å². The van der Waals surface area contributed by atoms with Gasteiger partial charge in [-0.1, -0.05) is 76.9 Å². The van der Waals surface area contributed by atoms with Crippen molar-refractivity contribution in [3.8, 4) is 0 Å². The molecule has 2 unspecified atom stereocenters. The second-order valence-corrected chi connectivity index (χ2v) is 10.7. The van der Waals surface area contributed by atoms with Crippen LogP contribution in [-0.4, -0.2) is 49.9 Å². The van der Waals surface area contributed by atoms with E-state index in [0.29, 0.717) is 38.8 Å². The van der Waals surface area contributed by atoms with Gasteiger partial charge in [0.05, 0.1) is 6.04 Å². The van der Waals surface area contributed by atoms with Crippen molar-refractivity contribution >= 4 is 17.7 Å². The first-order valence-electron chi connectivity index (χ1n) is 15.9. The first-order valence-corrected chi connectivity index (χ1v) is 15.9. The number of carbonyl (C=O) groups excluding carboxylic acids is 3. The lowest BCUT2D eigenvalue weighted by Crippen LogP contribution is -2.45. The van der Waals surface area contributed by atoms with E-state index in [2.05, 4.69) is 35.0 Å². The van der Waals surface area contributed by atoms with Gasteiger partial charge >= 0.3 is 0 Å². The van der Waals surface area contributed by atoms with Crippen LogP contribution in [0, 0.1) is 0 Å². The van der Waals surface area contributed by atoms with Crippen molar-refractivity contribution in [2.45, 2.75) is 147 Å². The second-order valence-electron chi connectivity index (χ2n) is 10.7. The molecule has 39 heavy (non-hydrogen) atoms. The number of hydrogen-bond acceptors (Lipinski definition) is 5. The van der Waals surface area contributed by atoms with Crippen LogP contribution in [0.1, 0.15) is 135 Å². The zero-order chi connectivity index (χ0) is 29.0. The van der Waals surface area contributed by atoms with Gasteiger partial charge in [-0.15, -0.1) is 0 Å². The van der Waals surface area contributed by atoms with Gasteiger partial charge < -0.3 is 27.4 Å². The largest absolute Gasteiger partial charge is 0.357 e. The van der Waals surface area contributed by atoms with E-state index in [9.17, 15) is 14.4 Å². The van der Waals surface area contributed by atoms with Gasteiger partial charge in [0, 0.05) is 20.0 Å². The maximum absolute atomic E-state index is 12.4. The summed E-state index contributed by atoms with van der Waals surface area (Å²) < 4.78 is 0. The first-order chi connectivity index (χ1) is 19.0. The van der Waals surface area contributed by atoms with Crippen molar-refractivity contribution in [2.24, 2.45) is 11.5 Å². The highest BCUT2D eigenvalue weighted by molar-refractivity contribution is 5.87. The number of unbranched alkanes of at least 4 members (excludes halogenated alkanes) is 13. The van der Waals surface area contributed by atoms with Crippen molar-refractivity contribution in [1.29, 1.82) is 0 Å². The Balaban J connectivity index is 3.87. The molecule has 0 bridgehead atoms. The Bertz CT molecular complexity index is 642. The molecule has 0 fully saturated rings. The van der Waals surface area contributed by atoms with Crippen LogP contribution in [0.5, 0.6) is 0 Å². The lowest BCUT2D eigenvalue weighted by atomic mass is 10.1. The minimum absolute atomic E-state index is 0.0713. The van der Waals surface area contributed by atoms with Crippen molar-refractivity contribution in [2.75, 3.05) is 20.1 Å². The lowest BCUT2D eigenvalue weighted by molar-refractivity contribution is -0.129. The standard InChI is InChI=1S/C31H61N5O3/c1-3-4-5-6-7-8-9-10-11-12-13-14-15-16-17-24-29(37)36-28(31(39)34-2)23-19-21-26-35-30(38)27(33)22-18-20-25-32/h10-11,27-28H,3-9,12-26,32-33H2,1-2H3,(H,34,39)(H,35,38)(H,36,37). The van der Waals surface area contributed by atoms with Crippen LogP contribution in [0.25, 0.3) is 0 Å². The highest BCUT2D eigenvalue weighted by Gasteiger charge is 2.19. The molecule has 0 aromatic rings.